The highest BCUT2D eigenvalue weighted by molar-refractivity contribution is 6.13. The van der Waals surface area contributed by atoms with Gasteiger partial charge in [-0.3, -0.25) is 20.1 Å². The number of aromatic nitrogens is 1. The Balaban J connectivity index is 3.03. The maximum atomic E-state index is 11.1. The molecule has 0 fully saturated rings. The third-order valence-electron chi connectivity index (χ3n) is 1.48. The van der Waals surface area contributed by atoms with E-state index in [-0.39, 0.29) is 11.9 Å². The zero-order chi connectivity index (χ0) is 9.84. The van der Waals surface area contributed by atoms with Crippen LogP contribution in [0.3, 0.4) is 0 Å². The van der Waals surface area contributed by atoms with Crippen LogP contribution in [0.5, 0.6) is 0 Å². The Morgan fingerprint density at radius 3 is 2.46 bits per heavy atom. The Morgan fingerprint density at radius 2 is 2.08 bits per heavy atom. The van der Waals surface area contributed by atoms with Crippen LogP contribution in [0.4, 0.5) is 5.69 Å². The number of guanidine groups is 1. The Morgan fingerprint density at radius 1 is 1.54 bits per heavy atom. The highest BCUT2D eigenvalue weighted by atomic mass is 16.2. The molecule has 1 aromatic rings. The molecule has 0 aliphatic carbocycles. The van der Waals surface area contributed by atoms with Gasteiger partial charge in [0.2, 0.25) is 5.91 Å². The maximum absolute atomic E-state index is 11.1. The molecule has 1 rings (SSSR count). The summed E-state index contributed by atoms with van der Waals surface area (Å²) < 4.78 is 0. The van der Waals surface area contributed by atoms with Crippen molar-refractivity contribution in [3.8, 4) is 0 Å². The minimum absolute atomic E-state index is 0.293. The number of hydrogen-bond acceptors (Lipinski definition) is 3. The summed E-state index contributed by atoms with van der Waals surface area (Å²) in [5.74, 6) is -0.586. The van der Waals surface area contributed by atoms with Gasteiger partial charge in [0.05, 0.1) is 5.69 Å². The fourth-order valence-electron chi connectivity index (χ4n) is 0.984. The summed E-state index contributed by atoms with van der Waals surface area (Å²) >= 11 is 0. The summed E-state index contributed by atoms with van der Waals surface area (Å²) in [5.41, 5.74) is 5.79. The highest BCUT2D eigenvalue weighted by Crippen LogP contribution is 2.10. The lowest BCUT2D eigenvalue weighted by Crippen LogP contribution is -2.39. The zero-order valence-electron chi connectivity index (χ0n) is 7.19. The molecule has 0 atom stereocenters. The first-order valence-electron chi connectivity index (χ1n) is 3.67. The van der Waals surface area contributed by atoms with Gasteiger partial charge in [-0.25, -0.2) is 0 Å². The molecule has 0 unspecified atom stereocenters. The Labute approximate surface area is 75.7 Å². The molecular formula is C8H10N4O. The van der Waals surface area contributed by atoms with Gasteiger partial charge in [-0.1, -0.05) is 0 Å². The van der Waals surface area contributed by atoms with Crippen molar-refractivity contribution in [2.45, 2.75) is 6.92 Å². The van der Waals surface area contributed by atoms with Crippen LogP contribution in [0.25, 0.3) is 0 Å². The Bertz CT molecular complexity index is 308. The lowest BCUT2D eigenvalue weighted by molar-refractivity contribution is -0.115. The molecule has 1 heterocycles. The van der Waals surface area contributed by atoms with Gasteiger partial charge in [0.25, 0.3) is 0 Å². The van der Waals surface area contributed by atoms with Gasteiger partial charge in [-0.15, -0.1) is 0 Å². The number of rotatable bonds is 1. The number of hydrogen-bond donors (Lipinski definition) is 2. The second-order valence-corrected chi connectivity index (χ2v) is 2.45. The predicted octanol–water partition coefficient (Wildman–Crippen LogP) is 0.328. The van der Waals surface area contributed by atoms with E-state index in [1.165, 1.54) is 19.3 Å². The van der Waals surface area contributed by atoms with E-state index in [9.17, 15) is 4.79 Å². The summed E-state index contributed by atoms with van der Waals surface area (Å²) in [6.45, 7) is 1.35. The van der Waals surface area contributed by atoms with Crippen molar-refractivity contribution in [3.63, 3.8) is 0 Å². The van der Waals surface area contributed by atoms with Gasteiger partial charge in [0.15, 0.2) is 5.96 Å². The van der Waals surface area contributed by atoms with E-state index >= 15 is 0 Å². The van der Waals surface area contributed by atoms with Crippen molar-refractivity contribution < 1.29 is 4.79 Å². The Hall–Kier alpha value is -1.91. The Kier molecular flexibility index (Phi) is 2.59. The minimum Gasteiger partial charge on any atom is -0.369 e. The number of nitrogens with zero attached hydrogens (tertiary/aromatic N) is 2. The fraction of sp³-hybridized carbons (Fsp3) is 0.125. The van der Waals surface area contributed by atoms with Crippen molar-refractivity contribution in [2.75, 3.05) is 4.90 Å². The van der Waals surface area contributed by atoms with E-state index in [2.05, 4.69) is 4.98 Å². The molecular weight excluding hydrogens is 168 g/mol. The average Bonchev–Trinajstić information content (AvgIpc) is 2.04. The van der Waals surface area contributed by atoms with Crippen LogP contribution in [-0.2, 0) is 4.79 Å². The van der Waals surface area contributed by atoms with Gasteiger partial charge in [0, 0.05) is 19.3 Å². The van der Waals surface area contributed by atoms with Crippen LogP contribution in [0.1, 0.15) is 6.92 Å². The van der Waals surface area contributed by atoms with Crippen LogP contribution in [-0.4, -0.2) is 16.9 Å². The monoisotopic (exact) mass is 178 g/mol. The third-order valence-corrected chi connectivity index (χ3v) is 1.48. The molecule has 0 spiro atoms. The first-order valence-corrected chi connectivity index (χ1v) is 3.67. The van der Waals surface area contributed by atoms with E-state index < -0.39 is 0 Å². The van der Waals surface area contributed by atoms with Crippen LogP contribution in [0.15, 0.2) is 24.5 Å². The van der Waals surface area contributed by atoms with E-state index in [1.54, 1.807) is 12.1 Å². The molecule has 3 N–H and O–H groups in total. The molecule has 0 saturated heterocycles. The second kappa shape index (κ2) is 3.66. The predicted molar refractivity (Wildman–Crippen MR) is 49.3 cm³/mol. The summed E-state index contributed by atoms with van der Waals surface area (Å²) in [5, 5.41) is 7.18. The van der Waals surface area contributed by atoms with Gasteiger partial charge in [-0.2, -0.15) is 0 Å². The van der Waals surface area contributed by atoms with Crippen molar-refractivity contribution in [1.29, 1.82) is 5.41 Å². The largest absolute Gasteiger partial charge is 0.369 e. The number of carbonyl (C=O) groups excluding carboxylic acids is 1. The number of nitrogens with one attached hydrogen (secondary N) is 1. The van der Waals surface area contributed by atoms with Crippen molar-refractivity contribution in [1.82, 2.24) is 4.98 Å². The lowest BCUT2D eigenvalue weighted by Gasteiger charge is -2.17. The maximum Gasteiger partial charge on any atom is 0.230 e. The molecule has 0 radical (unpaired) electrons. The van der Waals surface area contributed by atoms with Gasteiger partial charge in [0.1, 0.15) is 0 Å². The molecule has 68 valence electrons. The molecule has 0 saturated carbocycles. The number of nitrogens with two attached hydrogens (primary N) is 1. The third kappa shape index (κ3) is 2.02. The van der Waals surface area contributed by atoms with E-state index in [4.69, 9.17) is 11.1 Å². The SMILES string of the molecule is CC(=O)N(C(=N)N)c1ccncc1. The molecule has 0 aliphatic rings. The van der Waals surface area contributed by atoms with Gasteiger partial charge < -0.3 is 5.73 Å². The molecule has 0 aliphatic heterocycles. The first-order chi connectivity index (χ1) is 6.13. The summed E-state index contributed by atoms with van der Waals surface area (Å²) in [4.78, 5) is 16.0. The van der Waals surface area contributed by atoms with Crippen LogP contribution < -0.4 is 10.6 Å². The first kappa shape index (κ1) is 9.18. The zero-order valence-corrected chi connectivity index (χ0v) is 7.19. The van der Waals surface area contributed by atoms with E-state index in [1.807, 2.05) is 0 Å². The quantitative estimate of drug-likeness (QED) is 0.480. The molecule has 5 heteroatoms. The summed E-state index contributed by atoms with van der Waals surface area (Å²) in [7, 11) is 0. The molecule has 5 nitrogen and oxygen atoms in total. The number of anilines is 1. The second-order valence-electron chi connectivity index (χ2n) is 2.45. The fourth-order valence-corrected chi connectivity index (χ4v) is 0.984. The standard InChI is InChI=1S/C8H10N4O/c1-6(13)12(8(9)10)7-2-4-11-5-3-7/h2-5H,1H3,(H3,9,10). The summed E-state index contributed by atoms with van der Waals surface area (Å²) in [6.07, 6.45) is 3.07. The van der Waals surface area contributed by atoms with Crippen LogP contribution >= 0.6 is 0 Å². The molecule has 0 aromatic carbocycles. The smallest absolute Gasteiger partial charge is 0.230 e. The molecule has 1 aromatic heterocycles. The molecule has 1 amide bonds. The van der Waals surface area contributed by atoms with E-state index in [0.29, 0.717) is 5.69 Å². The van der Waals surface area contributed by atoms with Gasteiger partial charge in [-0.05, 0) is 12.1 Å². The number of carbonyl (C=O) groups is 1. The van der Waals surface area contributed by atoms with E-state index in [0.717, 1.165) is 4.90 Å². The molecule has 13 heavy (non-hydrogen) atoms. The van der Waals surface area contributed by atoms with Crippen LogP contribution in [0, 0.1) is 5.41 Å². The van der Waals surface area contributed by atoms with Crippen molar-refractivity contribution >= 4 is 17.6 Å². The van der Waals surface area contributed by atoms with Crippen molar-refractivity contribution in [2.24, 2.45) is 5.73 Å². The minimum atomic E-state index is -0.293. The normalized spacial score (nSPS) is 9.31. The van der Waals surface area contributed by atoms with Gasteiger partial charge >= 0.3 is 0 Å². The van der Waals surface area contributed by atoms with Crippen LogP contribution in [0.2, 0.25) is 0 Å². The highest BCUT2D eigenvalue weighted by Gasteiger charge is 2.13. The molecule has 0 bridgehead atoms. The number of amides is 1. The lowest BCUT2D eigenvalue weighted by atomic mass is 10.3. The summed E-state index contributed by atoms with van der Waals surface area (Å²) in [6, 6.07) is 3.23. The topological polar surface area (TPSA) is 83.1 Å². The average molecular weight is 178 g/mol. The van der Waals surface area contributed by atoms with Crippen molar-refractivity contribution in [3.05, 3.63) is 24.5 Å². The number of pyridine rings is 1.